The summed E-state index contributed by atoms with van der Waals surface area (Å²) in [5, 5.41) is 2.09. The van der Waals surface area contributed by atoms with Gasteiger partial charge in [0.25, 0.3) is 10.0 Å². The summed E-state index contributed by atoms with van der Waals surface area (Å²) in [7, 11) is -2.02. The number of nitrogen functional groups attached to an aromatic ring is 1. The van der Waals surface area contributed by atoms with Gasteiger partial charge in [-0.05, 0) is 18.2 Å². The smallest absolute Gasteiger partial charge is 0.252 e. The molecule has 2 N–H and O–H groups in total. The van der Waals surface area contributed by atoms with Crippen molar-refractivity contribution in [3.05, 3.63) is 40.7 Å². The van der Waals surface area contributed by atoms with E-state index in [1.54, 1.807) is 29.6 Å². The van der Waals surface area contributed by atoms with E-state index in [-0.39, 0.29) is 17.4 Å². The van der Waals surface area contributed by atoms with Crippen molar-refractivity contribution in [2.45, 2.75) is 4.21 Å². The Balaban J connectivity index is 1.96. The fourth-order valence-electron chi connectivity index (χ4n) is 1.59. The molecule has 0 atom stereocenters. The van der Waals surface area contributed by atoms with E-state index in [0.29, 0.717) is 16.5 Å². The number of nitrogens with zero attached hydrogens (tertiary/aromatic N) is 1. The number of ether oxygens (including phenoxy) is 1. The minimum Gasteiger partial charge on any atom is -0.491 e. The fraction of sp³-hybridized carbons (Fsp3) is 0.231. The Labute approximate surface area is 133 Å². The highest BCUT2D eigenvalue weighted by molar-refractivity contribution is 7.91. The van der Waals surface area contributed by atoms with E-state index in [9.17, 15) is 8.42 Å². The van der Waals surface area contributed by atoms with Gasteiger partial charge >= 0.3 is 0 Å². The van der Waals surface area contributed by atoms with Crippen molar-refractivity contribution in [1.82, 2.24) is 4.31 Å². The van der Waals surface area contributed by atoms with Crippen LogP contribution in [-0.4, -0.2) is 32.9 Å². The molecular weight excluding hydrogens is 332 g/mol. The number of para-hydroxylation sites is 1. The van der Waals surface area contributed by atoms with Gasteiger partial charge in [-0.1, -0.05) is 23.7 Å². The van der Waals surface area contributed by atoms with Gasteiger partial charge < -0.3 is 10.5 Å². The molecule has 1 aromatic carbocycles. The largest absolute Gasteiger partial charge is 0.491 e. The Kier molecular flexibility index (Phi) is 5.10. The lowest BCUT2D eigenvalue weighted by molar-refractivity contribution is 0.287. The second kappa shape index (κ2) is 6.65. The third-order valence-electron chi connectivity index (χ3n) is 2.76. The number of nitrogens with two attached hydrogens (primary N) is 1. The molecule has 0 aliphatic heterocycles. The van der Waals surface area contributed by atoms with Crippen molar-refractivity contribution in [3.8, 4) is 5.75 Å². The Morgan fingerprint density at radius 1 is 1.38 bits per heavy atom. The number of halogens is 1. The summed E-state index contributed by atoms with van der Waals surface area (Å²) in [5.74, 6) is 0.533. The molecule has 0 saturated heterocycles. The maximum absolute atomic E-state index is 12.3. The minimum atomic E-state index is -3.52. The fourth-order valence-corrected chi connectivity index (χ4v) is 4.22. The summed E-state index contributed by atoms with van der Waals surface area (Å²) in [6, 6.07) is 8.50. The van der Waals surface area contributed by atoms with Crippen LogP contribution in [0.1, 0.15) is 0 Å². The summed E-state index contributed by atoms with van der Waals surface area (Å²) in [6.07, 6.45) is 0. The zero-order chi connectivity index (χ0) is 15.5. The van der Waals surface area contributed by atoms with Crippen molar-refractivity contribution >= 4 is 38.6 Å². The Bertz CT molecular complexity index is 716. The highest BCUT2D eigenvalue weighted by Gasteiger charge is 2.22. The summed E-state index contributed by atoms with van der Waals surface area (Å²) in [4.78, 5) is 0. The van der Waals surface area contributed by atoms with Crippen molar-refractivity contribution < 1.29 is 13.2 Å². The molecule has 2 rings (SSSR count). The van der Waals surface area contributed by atoms with Crippen LogP contribution >= 0.6 is 22.9 Å². The number of rotatable bonds is 6. The van der Waals surface area contributed by atoms with Crippen molar-refractivity contribution in [3.63, 3.8) is 0 Å². The van der Waals surface area contributed by atoms with Crippen LogP contribution in [0.5, 0.6) is 5.75 Å². The minimum absolute atomic E-state index is 0.209. The van der Waals surface area contributed by atoms with E-state index in [0.717, 1.165) is 11.3 Å². The van der Waals surface area contributed by atoms with Gasteiger partial charge in [0, 0.05) is 24.7 Å². The first-order valence-corrected chi connectivity index (χ1v) is 8.78. The Morgan fingerprint density at radius 3 is 2.71 bits per heavy atom. The zero-order valence-corrected chi connectivity index (χ0v) is 13.7. The zero-order valence-electron chi connectivity index (χ0n) is 11.3. The third-order valence-corrected chi connectivity index (χ3v) is 6.36. The molecule has 0 unspecified atom stereocenters. The number of hydrogen-bond acceptors (Lipinski definition) is 5. The van der Waals surface area contributed by atoms with E-state index < -0.39 is 10.0 Å². The van der Waals surface area contributed by atoms with E-state index >= 15 is 0 Å². The molecule has 0 spiro atoms. The van der Waals surface area contributed by atoms with Crippen LogP contribution in [0.3, 0.4) is 0 Å². The molecule has 0 bridgehead atoms. The van der Waals surface area contributed by atoms with Crippen molar-refractivity contribution in [2.24, 2.45) is 0 Å². The Hall–Kier alpha value is -1.28. The van der Waals surface area contributed by atoms with Crippen LogP contribution < -0.4 is 10.5 Å². The van der Waals surface area contributed by atoms with Gasteiger partial charge in [0.15, 0.2) is 0 Å². The number of hydrogen-bond donors (Lipinski definition) is 1. The first-order chi connectivity index (χ1) is 9.91. The average molecular weight is 347 g/mol. The highest BCUT2D eigenvalue weighted by Crippen LogP contribution is 2.25. The molecule has 0 radical (unpaired) electrons. The second-order valence-electron chi connectivity index (χ2n) is 4.30. The number of anilines is 1. The number of benzene rings is 1. The second-order valence-corrected chi connectivity index (χ2v) is 7.89. The van der Waals surface area contributed by atoms with Crippen molar-refractivity contribution in [1.29, 1.82) is 0 Å². The predicted octanol–water partition coefficient (Wildman–Crippen LogP) is 2.68. The Morgan fingerprint density at radius 2 is 2.10 bits per heavy atom. The van der Waals surface area contributed by atoms with Crippen LogP contribution in [0.4, 0.5) is 5.69 Å². The summed E-state index contributed by atoms with van der Waals surface area (Å²) >= 11 is 7.06. The molecule has 5 nitrogen and oxygen atoms in total. The SMILES string of the molecule is CN(CCOc1ccccc1Cl)S(=O)(=O)c1cc(N)cs1. The molecule has 0 saturated carbocycles. The lowest BCUT2D eigenvalue weighted by Gasteiger charge is -2.16. The molecule has 0 aliphatic carbocycles. The van der Waals surface area contributed by atoms with E-state index in [1.807, 2.05) is 0 Å². The first-order valence-electron chi connectivity index (χ1n) is 6.09. The number of thiophene rings is 1. The summed E-state index contributed by atoms with van der Waals surface area (Å²) in [5.41, 5.74) is 6.00. The molecule has 114 valence electrons. The molecule has 0 amide bonds. The normalized spacial score (nSPS) is 11.8. The lowest BCUT2D eigenvalue weighted by Crippen LogP contribution is -2.30. The standard InChI is InChI=1S/C13H15ClN2O3S2/c1-16(21(17,18)13-8-10(15)9-20-13)6-7-19-12-5-3-2-4-11(12)14/h2-5,8-9H,6-7,15H2,1H3. The number of likely N-dealkylation sites (N-methyl/N-ethyl adjacent to an activating group) is 1. The molecule has 0 aliphatic rings. The predicted molar refractivity (Wildman–Crippen MR) is 85.5 cm³/mol. The van der Waals surface area contributed by atoms with E-state index in [1.165, 1.54) is 17.4 Å². The van der Waals surface area contributed by atoms with Crippen LogP contribution in [0, 0.1) is 0 Å². The van der Waals surface area contributed by atoms with Gasteiger partial charge in [0.05, 0.1) is 5.02 Å². The molecule has 8 heteroatoms. The average Bonchev–Trinajstić information content (AvgIpc) is 2.88. The maximum atomic E-state index is 12.3. The van der Waals surface area contributed by atoms with E-state index in [2.05, 4.69) is 0 Å². The first kappa shape index (κ1) is 16.1. The van der Waals surface area contributed by atoms with Gasteiger partial charge in [0.2, 0.25) is 0 Å². The molecule has 1 aromatic heterocycles. The summed E-state index contributed by atoms with van der Waals surface area (Å²) in [6.45, 7) is 0.422. The molecular formula is C13H15ClN2O3S2. The van der Waals surface area contributed by atoms with Crippen LogP contribution in [0.15, 0.2) is 39.9 Å². The molecule has 21 heavy (non-hydrogen) atoms. The van der Waals surface area contributed by atoms with Gasteiger partial charge in [-0.2, -0.15) is 4.31 Å². The lowest BCUT2D eigenvalue weighted by atomic mass is 10.3. The van der Waals surface area contributed by atoms with Crippen LogP contribution in [0.2, 0.25) is 5.02 Å². The van der Waals surface area contributed by atoms with Crippen LogP contribution in [0.25, 0.3) is 0 Å². The quantitative estimate of drug-likeness (QED) is 0.872. The van der Waals surface area contributed by atoms with Gasteiger partial charge in [-0.3, -0.25) is 0 Å². The van der Waals surface area contributed by atoms with Gasteiger partial charge in [-0.15, -0.1) is 11.3 Å². The van der Waals surface area contributed by atoms with Crippen LogP contribution in [-0.2, 0) is 10.0 Å². The van der Waals surface area contributed by atoms with Gasteiger partial charge in [0.1, 0.15) is 16.6 Å². The molecule has 1 heterocycles. The highest BCUT2D eigenvalue weighted by atomic mass is 35.5. The van der Waals surface area contributed by atoms with Gasteiger partial charge in [-0.25, -0.2) is 8.42 Å². The maximum Gasteiger partial charge on any atom is 0.252 e. The summed E-state index contributed by atoms with van der Waals surface area (Å²) < 4.78 is 31.4. The number of sulfonamides is 1. The van der Waals surface area contributed by atoms with Crippen molar-refractivity contribution in [2.75, 3.05) is 25.9 Å². The molecule has 2 aromatic rings. The third kappa shape index (κ3) is 3.88. The van der Waals surface area contributed by atoms with E-state index in [4.69, 9.17) is 22.1 Å². The molecule has 0 fully saturated rings. The monoisotopic (exact) mass is 346 g/mol. The topological polar surface area (TPSA) is 72.6 Å².